The second-order valence-electron chi connectivity index (χ2n) is 8.84. The number of hydrogen-bond acceptors (Lipinski definition) is 7. The van der Waals surface area contributed by atoms with Crippen LogP contribution in [0.4, 0.5) is 0 Å². The van der Waals surface area contributed by atoms with Gasteiger partial charge in [-0.3, -0.25) is 19.5 Å². The predicted molar refractivity (Wildman–Crippen MR) is 117 cm³/mol. The van der Waals surface area contributed by atoms with Crippen LogP contribution in [0.5, 0.6) is 0 Å². The van der Waals surface area contributed by atoms with Gasteiger partial charge in [-0.15, -0.1) is 0 Å². The monoisotopic (exact) mass is 441 g/mol. The molecule has 0 spiro atoms. The largest absolute Gasteiger partial charge is 0.467 e. The molecule has 0 aromatic heterocycles. The Labute approximate surface area is 186 Å². The number of aliphatic imine (C=N–C) groups is 1. The molecule has 0 radical (unpaired) electrons. The van der Waals surface area contributed by atoms with Crippen molar-refractivity contribution < 1.29 is 19.1 Å². The summed E-state index contributed by atoms with van der Waals surface area (Å²) in [5.41, 5.74) is -0.293. The number of imide groups is 1. The molecule has 3 aliphatic heterocycles. The van der Waals surface area contributed by atoms with Gasteiger partial charge in [-0.05, 0) is 30.7 Å². The number of amides is 2. The van der Waals surface area contributed by atoms with Crippen LogP contribution in [0, 0.1) is 17.8 Å². The summed E-state index contributed by atoms with van der Waals surface area (Å²) in [7, 11) is 1.36. The highest BCUT2D eigenvalue weighted by Crippen LogP contribution is 2.54. The summed E-state index contributed by atoms with van der Waals surface area (Å²) < 4.78 is 5.24. The Balaban J connectivity index is 1.50. The number of thioether (sulfide) groups is 1. The van der Waals surface area contributed by atoms with Gasteiger partial charge in [0.05, 0.1) is 38.1 Å². The lowest BCUT2D eigenvalue weighted by molar-refractivity contribution is -0.158. The van der Waals surface area contributed by atoms with Gasteiger partial charge in [0.25, 0.3) is 0 Å². The summed E-state index contributed by atoms with van der Waals surface area (Å²) in [6.07, 6.45) is 2.85. The minimum Gasteiger partial charge on any atom is -0.467 e. The van der Waals surface area contributed by atoms with Gasteiger partial charge in [0.15, 0.2) is 10.7 Å². The van der Waals surface area contributed by atoms with Gasteiger partial charge in [0.2, 0.25) is 11.8 Å². The maximum Gasteiger partial charge on any atom is 0.332 e. The molecule has 2 amide bonds. The number of carbonyl (C=O) groups is 3. The Hall–Kier alpha value is -2.35. The van der Waals surface area contributed by atoms with Crippen LogP contribution in [0.3, 0.4) is 0 Å². The summed E-state index contributed by atoms with van der Waals surface area (Å²) in [4.78, 5) is 48.4. The van der Waals surface area contributed by atoms with E-state index in [0.717, 1.165) is 16.5 Å². The number of carbonyl (C=O) groups excluding carboxylic acids is 3. The van der Waals surface area contributed by atoms with Gasteiger partial charge >= 0.3 is 5.97 Å². The zero-order valence-electron chi connectivity index (χ0n) is 17.8. The number of ether oxygens (including phenoxy) is 1. The van der Waals surface area contributed by atoms with Crippen LogP contribution < -0.4 is 0 Å². The van der Waals surface area contributed by atoms with E-state index in [-0.39, 0.29) is 24.4 Å². The minimum absolute atomic E-state index is 0.197. The zero-order valence-corrected chi connectivity index (χ0v) is 18.6. The van der Waals surface area contributed by atoms with Gasteiger partial charge in [-0.1, -0.05) is 49.0 Å². The second-order valence-corrected chi connectivity index (χ2v) is 9.82. The van der Waals surface area contributed by atoms with Gasteiger partial charge in [-0.2, -0.15) is 0 Å². The first-order valence-corrected chi connectivity index (χ1v) is 12.0. The maximum absolute atomic E-state index is 13.6. The summed E-state index contributed by atoms with van der Waals surface area (Å²) >= 11 is 1.65. The van der Waals surface area contributed by atoms with Crippen molar-refractivity contribution in [1.82, 2.24) is 9.80 Å². The normalized spacial score (nSPS) is 31.7. The van der Waals surface area contributed by atoms with E-state index >= 15 is 0 Å². The van der Waals surface area contributed by atoms with Crippen molar-refractivity contribution in [3.8, 4) is 0 Å². The third kappa shape index (κ3) is 3.02. The van der Waals surface area contributed by atoms with E-state index in [0.29, 0.717) is 18.9 Å². The van der Waals surface area contributed by atoms with E-state index < -0.39 is 23.3 Å². The second kappa shape index (κ2) is 7.65. The molecule has 3 heterocycles. The predicted octanol–water partition coefficient (Wildman–Crippen LogP) is 2.31. The number of methoxy groups -OCH3 is 1. The number of likely N-dealkylation sites (tertiary alicyclic amines) is 1. The molecular weight excluding hydrogens is 414 g/mol. The molecular formula is C23H27N3O4S. The average Bonchev–Trinajstić information content (AvgIpc) is 3.39. The smallest absolute Gasteiger partial charge is 0.332 e. The number of esters is 1. The van der Waals surface area contributed by atoms with E-state index in [1.54, 1.807) is 11.8 Å². The standard InChI is InChI=1S/C23H27N3O4S/c1-3-23(21(29)30-2)18-17(16-11-24-22(26(16)23)31-13-15-9-10-15)19(27)25(20(18)28)12-14-7-5-4-6-8-14/h4-8,15-18H,3,9-13H2,1-2H3/t16-,17+,18-,23-/m1/s1. The fourth-order valence-electron chi connectivity index (χ4n) is 5.45. The molecule has 31 heavy (non-hydrogen) atoms. The summed E-state index contributed by atoms with van der Waals surface area (Å²) in [5.74, 6) is -0.565. The molecule has 2 saturated heterocycles. The summed E-state index contributed by atoms with van der Waals surface area (Å²) in [6.45, 7) is 2.56. The zero-order chi connectivity index (χ0) is 21.8. The van der Waals surface area contributed by atoms with E-state index in [2.05, 4.69) is 0 Å². The lowest BCUT2D eigenvalue weighted by atomic mass is 9.78. The van der Waals surface area contributed by atoms with Crippen LogP contribution in [0.2, 0.25) is 0 Å². The van der Waals surface area contributed by atoms with E-state index in [9.17, 15) is 14.4 Å². The van der Waals surface area contributed by atoms with Crippen molar-refractivity contribution in [1.29, 1.82) is 0 Å². The summed E-state index contributed by atoms with van der Waals surface area (Å²) in [5, 5.41) is 0.786. The molecule has 4 aliphatic rings. The highest BCUT2D eigenvalue weighted by atomic mass is 32.2. The van der Waals surface area contributed by atoms with Crippen molar-refractivity contribution in [2.75, 3.05) is 19.4 Å². The first-order chi connectivity index (χ1) is 15.0. The number of fused-ring (bicyclic) bond motifs is 3. The van der Waals surface area contributed by atoms with Gasteiger partial charge in [-0.25, -0.2) is 4.79 Å². The van der Waals surface area contributed by atoms with Gasteiger partial charge in [0, 0.05) is 5.75 Å². The molecule has 7 nitrogen and oxygen atoms in total. The molecule has 0 unspecified atom stereocenters. The molecule has 1 saturated carbocycles. The van der Waals surface area contributed by atoms with Crippen molar-refractivity contribution in [2.24, 2.45) is 22.7 Å². The number of amidine groups is 1. The Kier molecular flexibility index (Phi) is 5.07. The Morgan fingerprint density at radius 2 is 1.97 bits per heavy atom. The molecule has 5 rings (SSSR count). The maximum atomic E-state index is 13.6. The number of rotatable bonds is 6. The van der Waals surface area contributed by atoms with Crippen LogP contribution in [-0.2, 0) is 25.7 Å². The van der Waals surface area contributed by atoms with Crippen LogP contribution in [0.25, 0.3) is 0 Å². The lowest BCUT2D eigenvalue weighted by Gasteiger charge is -2.39. The van der Waals surface area contributed by atoms with Gasteiger partial charge < -0.3 is 9.64 Å². The van der Waals surface area contributed by atoms with Crippen LogP contribution in [0.15, 0.2) is 35.3 Å². The number of nitrogens with zero attached hydrogens (tertiary/aromatic N) is 3. The van der Waals surface area contributed by atoms with E-state index in [4.69, 9.17) is 9.73 Å². The first-order valence-electron chi connectivity index (χ1n) is 11.0. The van der Waals surface area contributed by atoms with Crippen LogP contribution >= 0.6 is 11.8 Å². The number of benzene rings is 1. The molecule has 0 bridgehead atoms. The Morgan fingerprint density at radius 1 is 1.23 bits per heavy atom. The van der Waals surface area contributed by atoms with E-state index in [1.807, 2.05) is 42.2 Å². The number of hydrogen-bond donors (Lipinski definition) is 0. The fraction of sp³-hybridized carbons (Fsp3) is 0.565. The molecule has 0 N–H and O–H groups in total. The third-order valence-electron chi connectivity index (χ3n) is 7.16. The molecule has 4 atom stereocenters. The van der Waals surface area contributed by atoms with Crippen molar-refractivity contribution in [3.05, 3.63) is 35.9 Å². The SMILES string of the molecule is CC[C@]1(C(=O)OC)[C@H]2C(=O)N(Cc3ccccc3)C(=O)[C@H]2[C@H]2CN=C(SCC3CC3)N21. The third-order valence-corrected chi connectivity index (χ3v) is 8.38. The Bertz CT molecular complexity index is 947. The minimum atomic E-state index is -1.19. The highest BCUT2D eigenvalue weighted by molar-refractivity contribution is 8.13. The molecule has 8 heteroatoms. The quantitative estimate of drug-likeness (QED) is 0.498. The van der Waals surface area contributed by atoms with E-state index in [1.165, 1.54) is 24.9 Å². The summed E-state index contributed by atoms with van der Waals surface area (Å²) in [6, 6.07) is 9.21. The average molecular weight is 442 g/mol. The van der Waals surface area contributed by atoms with Crippen molar-refractivity contribution in [3.63, 3.8) is 0 Å². The molecule has 1 aromatic rings. The topological polar surface area (TPSA) is 79.3 Å². The highest BCUT2D eigenvalue weighted by Gasteiger charge is 2.73. The van der Waals surface area contributed by atoms with Gasteiger partial charge in [0.1, 0.15) is 0 Å². The lowest BCUT2D eigenvalue weighted by Crippen LogP contribution is -2.59. The van der Waals surface area contributed by atoms with Crippen LogP contribution in [0.1, 0.15) is 31.7 Å². The fourth-order valence-corrected chi connectivity index (χ4v) is 6.77. The van der Waals surface area contributed by atoms with Crippen LogP contribution in [-0.4, -0.2) is 63.7 Å². The van der Waals surface area contributed by atoms with Crippen molar-refractivity contribution in [2.45, 2.75) is 44.3 Å². The molecule has 3 fully saturated rings. The van der Waals surface area contributed by atoms with Crippen molar-refractivity contribution >= 4 is 34.7 Å². The molecule has 164 valence electrons. The molecule has 1 aromatic carbocycles. The Morgan fingerprint density at radius 3 is 2.61 bits per heavy atom. The molecule has 1 aliphatic carbocycles. The first kappa shape index (κ1) is 20.5.